The highest BCUT2D eigenvalue weighted by molar-refractivity contribution is 5.48. The monoisotopic (exact) mass is 208 g/mol. The molecule has 0 spiro atoms. The second kappa shape index (κ2) is 4.97. The van der Waals surface area contributed by atoms with E-state index >= 15 is 0 Å². The van der Waals surface area contributed by atoms with Crippen LogP contribution in [-0.4, -0.2) is 4.92 Å². The van der Waals surface area contributed by atoms with Gasteiger partial charge in [0.15, 0.2) is 5.82 Å². The molecule has 0 aromatic heterocycles. The predicted molar refractivity (Wildman–Crippen MR) is 57.2 cm³/mol. The molecule has 0 aliphatic heterocycles. The van der Waals surface area contributed by atoms with E-state index in [0.29, 0.717) is 0 Å². The Morgan fingerprint density at radius 3 is 2.53 bits per heavy atom. The SMILES string of the molecule is Cc1ccc(N/C(=C/[N+](=O)[O-])NN)cc1. The quantitative estimate of drug-likeness (QED) is 0.389. The Hall–Kier alpha value is -2.08. The van der Waals surface area contributed by atoms with Crippen molar-refractivity contribution in [3.8, 4) is 0 Å². The molecule has 0 amide bonds. The first-order valence-electron chi connectivity index (χ1n) is 4.27. The summed E-state index contributed by atoms with van der Waals surface area (Å²) < 4.78 is 0. The maximum Gasteiger partial charge on any atom is 0.275 e. The summed E-state index contributed by atoms with van der Waals surface area (Å²) in [5.74, 6) is 5.24. The van der Waals surface area contributed by atoms with E-state index in [2.05, 4.69) is 10.7 Å². The minimum Gasteiger partial charge on any atom is -0.336 e. The lowest BCUT2D eigenvalue weighted by molar-refractivity contribution is -0.403. The molecule has 0 radical (unpaired) electrons. The number of rotatable bonds is 4. The fraction of sp³-hybridized carbons (Fsp3) is 0.111. The van der Waals surface area contributed by atoms with Crippen molar-refractivity contribution in [3.05, 3.63) is 52.0 Å². The van der Waals surface area contributed by atoms with Gasteiger partial charge in [0.1, 0.15) is 0 Å². The third kappa shape index (κ3) is 3.65. The molecule has 0 aliphatic rings. The van der Waals surface area contributed by atoms with Crippen LogP contribution in [0.15, 0.2) is 36.3 Å². The van der Waals surface area contributed by atoms with Crippen molar-refractivity contribution in [3.63, 3.8) is 0 Å². The van der Waals surface area contributed by atoms with Gasteiger partial charge in [0, 0.05) is 5.69 Å². The molecule has 0 atom stereocenters. The summed E-state index contributed by atoms with van der Waals surface area (Å²) in [6.07, 6.45) is 0.764. The van der Waals surface area contributed by atoms with Crippen LogP contribution < -0.4 is 16.6 Å². The maximum absolute atomic E-state index is 10.2. The summed E-state index contributed by atoms with van der Waals surface area (Å²) in [7, 11) is 0. The van der Waals surface area contributed by atoms with E-state index in [0.717, 1.165) is 17.5 Å². The van der Waals surface area contributed by atoms with Crippen LogP contribution in [0.5, 0.6) is 0 Å². The number of nitrogens with zero attached hydrogens (tertiary/aromatic N) is 1. The molecule has 0 saturated heterocycles. The zero-order chi connectivity index (χ0) is 11.3. The van der Waals surface area contributed by atoms with Gasteiger partial charge < -0.3 is 10.7 Å². The van der Waals surface area contributed by atoms with Crippen molar-refractivity contribution in [1.29, 1.82) is 0 Å². The molecule has 0 heterocycles. The molecule has 80 valence electrons. The summed E-state index contributed by atoms with van der Waals surface area (Å²) in [4.78, 5) is 9.62. The molecule has 15 heavy (non-hydrogen) atoms. The van der Waals surface area contributed by atoms with Gasteiger partial charge in [-0.1, -0.05) is 17.7 Å². The molecule has 0 bridgehead atoms. The van der Waals surface area contributed by atoms with Crippen LogP contribution in [0.2, 0.25) is 0 Å². The Bertz CT molecular complexity index is 372. The van der Waals surface area contributed by atoms with Crippen LogP contribution in [0.4, 0.5) is 5.69 Å². The molecule has 0 saturated carbocycles. The van der Waals surface area contributed by atoms with Crippen molar-refractivity contribution in [2.75, 3.05) is 5.32 Å². The average Bonchev–Trinajstić information content (AvgIpc) is 2.19. The van der Waals surface area contributed by atoms with Crippen molar-refractivity contribution in [2.24, 2.45) is 5.84 Å². The van der Waals surface area contributed by atoms with Gasteiger partial charge in [0.2, 0.25) is 0 Å². The molecule has 1 aromatic rings. The maximum atomic E-state index is 10.2. The minimum atomic E-state index is -0.587. The summed E-state index contributed by atoms with van der Waals surface area (Å²) in [6.45, 7) is 1.96. The van der Waals surface area contributed by atoms with E-state index in [1.54, 1.807) is 12.1 Å². The molecule has 1 rings (SSSR count). The van der Waals surface area contributed by atoms with E-state index in [4.69, 9.17) is 5.84 Å². The molecule has 0 fully saturated rings. The molecule has 6 heteroatoms. The van der Waals surface area contributed by atoms with E-state index < -0.39 is 4.92 Å². The number of aryl methyl sites for hydroxylation is 1. The third-order valence-electron chi connectivity index (χ3n) is 1.72. The summed E-state index contributed by atoms with van der Waals surface area (Å²) in [5.41, 5.74) is 4.05. The van der Waals surface area contributed by atoms with E-state index in [-0.39, 0.29) is 5.82 Å². The van der Waals surface area contributed by atoms with Gasteiger partial charge in [-0.15, -0.1) is 0 Å². The Balaban J connectivity index is 2.75. The van der Waals surface area contributed by atoms with Gasteiger partial charge in [-0.05, 0) is 19.1 Å². The first kappa shape index (κ1) is 11.0. The topological polar surface area (TPSA) is 93.2 Å². The Kier molecular flexibility index (Phi) is 3.64. The lowest BCUT2D eigenvalue weighted by Gasteiger charge is -2.07. The first-order chi connectivity index (χ1) is 7.11. The number of hydrogen-bond donors (Lipinski definition) is 3. The van der Waals surface area contributed by atoms with Crippen LogP contribution in [0.25, 0.3) is 0 Å². The standard InChI is InChI=1S/C9H12N4O2/c1-7-2-4-8(5-3-7)11-9(12-10)6-13(14)15/h2-6,11-12H,10H2,1H3/b9-6-. The second-order valence-corrected chi connectivity index (χ2v) is 2.96. The summed E-state index contributed by atoms with van der Waals surface area (Å²) in [6, 6.07) is 7.40. The number of hydrazine groups is 1. The third-order valence-corrected chi connectivity index (χ3v) is 1.72. The second-order valence-electron chi connectivity index (χ2n) is 2.96. The zero-order valence-corrected chi connectivity index (χ0v) is 8.23. The minimum absolute atomic E-state index is 0.129. The molecular weight excluding hydrogens is 196 g/mol. The Morgan fingerprint density at radius 2 is 2.07 bits per heavy atom. The largest absolute Gasteiger partial charge is 0.336 e. The number of hydrogen-bond acceptors (Lipinski definition) is 5. The van der Waals surface area contributed by atoms with Gasteiger partial charge in [-0.2, -0.15) is 0 Å². The predicted octanol–water partition coefficient (Wildman–Crippen LogP) is 0.946. The fourth-order valence-electron chi connectivity index (χ4n) is 1.00. The lowest BCUT2D eigenvalue weighted by Crippen LogP contribution is -2.27. The van der Waals surface area contributed by atoms with Gasteiger partial charge in [-0.3, -0.25) is 10.1 Å². The number of nitrogens with one attached hydrogen (secondary N) is 2. The number of anilines is 1. The van der Waals surface area contributed by atoms with Crippen LogP contribution in [0.1, 0.15) is 5.56 Å². The van der Waals surface area contributed by atoms with Gasteiger partial charge >= 0.3 is 0 Å². The van der Waals surface area contributed by atoms with Crippen molar-refractivity contribution in [2.45, 2.75) is 6.92 Å². The molecule has 0 aliphatic carbocycles. The van der Waals surface area contributed by atoms with Crippen molar-refractivity contribution >= 4 is 5.69 Å². The van der Waals surface area contributed by atoms with Crippen molar-refractivity contribution in [1.82, 2.24) is 5.43 Å². The van der Waals surface area contributed by atoms with Crippen molar-refractivity contribution < 1.29 is 4.92 Å². The van der Waals surface area contributed by atoms with Crippen LogP contribution in [-0.2, 0) is 0 Å². The van der Waals surface area contributed by atoms with Gasteiger partial charge in [-0.25, -0.2) is 5.84 Å². The summed E-state index contributed by atoms with van der Waals surface area (Å²) >= 11 is 0. The lowest BCUT2D eigenvalue weighted by atomic mass is 10.2. The average molecular weight is 208 g/mol. The highest BCUT2D eigenvalue weighted by Gasteiger charge is 2.00. The molecule has 1 aromatic carbocycles. The summed E-state index contributed by atoms with van der Waals surface area (Å²) in [5, 5.41) is 13.0. The molecule has 6 nitrogen and oxygen atoms in total. The smallest absolute Gasteiger partial charge is 0.275 e. The fourth-order valence-corrected chi connectivity index (χ4v) is 1.00. The van der Waals surface area contributed by atoms with Gasteiger partial charge in [0.25, 0.3) is 6.20 Å². The van der Waals surface area contributed by atoms with Crippen LogP contribution in [0.3, 0.4) is 0 Å². The molecule has 0 unspecified atom stereocenters. The molecular formula is C9H12N4O2. The van der Waals surface area contributed by atoms with E-state index in [1.807, 2.05) is 19.1 Å². The first-order valence-corrected chi connectivity index (χ1v) is 4.27. The van der Waals surface area contributed by atoms with E-state index in [9.17, 15) is 10.1 Å². The number of nitro groups is 1. The van der Waals surface area contributed by atoms with E-state index in [1.165, 1.54) is 0 Å². The Morgan fingerprint density at radius 1 is 1.47 bits per heavy atom. The number of nitrogens with two attached hydrogens (primary N) is 1. The normalized spacial score (nSPS) is 10.9. The number of benzene rings is 1. The highest BCUT2D eigenvalue weighted by atomic mass is 16.6. The molecule has 4 N–H and O–H groups in total. The zero-order valence-electron chi connectivity index (χ0n) is 8.23. The van der Waals surface area contributed by atoms with Crippen LogP contribution >= 0.6 is 0 Å². The Labute approximate surface area is 86.9 Å². The highest BCUT2D eigenvalue weighted by Crippen LogP contribution is 2.09. The van der Waals surface area contributed by atoms with Crippen LogP contribution in [0, 0.1) is 17.0 Å². The van der Waals surface area contributed by atoms with Gasteiger partial charge in [0.05, 0.1) is 4.92 Å².